The van der Waals surface area contributed by atoms with Gasteiger partial charge in [-0.2, -0.15) is 5.53 Å². The first-order chi connectivity index (χ1) is 12.1. The second kappa shape index (κ2) is 6.27. The number of nitrogens with one attached hydrogen (secondary N) is 1. The maximum absolute atomic E-state index is 12.6. The van der Waals surface area contributed by atoms with Gasteiger partial charge < -0.3 is 14.2 Å². The lowest BCUT2D eigenvalue weighted by Gasteiger charge is -2.47. The van der Waals surface area contributed by atoms with E-state index in [4.69, 9.17) is 14.2 Å². The average molecular weight is 341 g/mol. The van der Waals surface area contributed by atoms with Crippen molar-refractivity contribution in [1.29, 1.82) is 0 Å². The second-order valence-electron chi connectivity index (χ2n) is 6.11. The van der Waals surface area contributed by atoms with Crippen molar-refractivity contribution in [3.8, 4) is 17.2 Å². The van der Waals surface area contributed by atoms with Crippen LogP contribution >= 0.6 is 0 Å². The quantitative estimate of drug-likeness (QED) is 0.660. The number of carbonyl (C=O) groups excluding carboxylic acids is 1. The summed E-state index contributed by atoms with van der Waals surface area (Å²) in [5.41, 5.74) is 3.94. The van der Waals surface area contributed by atoms with E-state index in [-0.39, 0.29) is 18.7 Å². The fraction of sp³-hybridized carbons (Fsp3) is 0.278. The number of para-hydroxylation sites is 1. The molecule has 2 aromatic carbocycles. The summed E-state index contributed by atoms with van der Waals surface area (Å²) < 4.78 is 16.8. The number of amides is 1. The Balaban J connectivity index is 1.62. The summed E-state index contributed by atoms with van der Waals surface area (Å²) in [6, 6.07) is 14.7. The van der Waals surface area contributed by atoms with Gasteiger partial charge in [0.1, 0.15) is 11.8 Å². The molecule has 0 bridgehead atoms. The predicted octanol–water partition coefficient (Wildman–Crippen LogP) is 1.73. The summed E-state index contributed by atoms with van der Waals surface area (Å²) in [6.07, 6.45) is -0.602. The highest BCUT2D eigenvalue weighted by Gasteiger charge is 2.51. The van der Waals surface area contributed by atoms with E-state index in [0.717, 1.165) is 5.56 Å². The lowest BCUT2D eigenvalue weighted by Crippen LogP contribution is -2.68. The van der Waals surface area contributed by atoms with Gasteiger partial charge in [0.05, 0.1) is 0 Å². The standard InChI is InChI=1S/C18H19N3O4/c1-20(2)19-21-16(12-8-9-14-15(10-12)24-11-23-14)17(18(21)22)25-13-6-4-3-5-7-13/h3-10,16-17,19H,11H2,1-2H3/t16-,17+/m1/s1. The normalized spacial score (nSPS) is 21.4. The molecular formula is C18H19N3O4. The molecule has 0 spiro atoms. The Labute approximate surface area is 145 Å². The number of hydrogen-bond donors (Lipinski definition) is 1. The molecule has 0 aliphatic carbocycles. The van der Waals surface area contributed by atoms with E-state index < -0.39 is 6.10 Å². The molecule has 7 nitrogen and oxygen atoms in total. The molecule has 2 aliphatic heterocycles. The number of carbonyl (C=O) groups is 1. The van der Waals surface area contributed by atoms with Crippen molar-refractivity contribution >= 4 is 5.91 Å². The number of nitrogens with zero attached hydrogens (tertiary/aromatic N) is 2. The van der Waals surface area contributed by atoms with Crippen molar-refractivity contribution in [3.63, 3.8) is 0 Å². The molecule has 2 aliphatic rings. The Kier molecular flexibility index (Phi) is 3.95. The van der Waals surface area contributed by atoms with Gasteiger partial charge in [-0.25, -0.2) is 10.0 Å². The molecule has 0 saturated carbocycles. The van der Waals surface area contributed by atoms with E-state index in [0.29, 0.717) is 17.2 Å². The summed E-state index contributed by atoms with van der Waals surface area (Å²) in [5, 5.41) is 3.28. The van der Waals surface area contributed by atoms with Gasteiger partial charge in [0.15, 0.2) is 11.5 Å². The third-order valence-corrected chi connectivity index (χ3v) is 4.10. The number of benzene rings is 2. The van der Waals surface area contributed by atoms with E-state index in [2.05, 4.69) is 5.53 Å². The van der Waals surface area contributed by atoms with Crippen LogP contribution in [0, 0.1) is 0 Å². The molecule has 130 valence electrons. The van der Waals surface area contributed by atoms with Crippen LogP contribution in [-0.2, 0) is 4.79 Å². The summed E-state index contributed by atoms with van der Waals surface area (Å²) in [4.78, 5) is 12.6. The summed E-state index contributed by atoms with van der Waals surface area (Å²) in [6.45, 7) is 0.214. The third kappa shape index (κ3) is 2.88. The minimum absolute atomic E-state index is 0.125. The van der Waals surface area contributed by atoms with E-state index in [1.54, 1.807) is 10.0 Å². The minimum Gasteiger partial charge on any atom is -0.478 e. The Morgan fingerprint density at radius 1 is 1.12 bits per heavy atom. The van der Waals surface area contributed by atoms with Crippen molar-refractivity contribution in [2.75, 3.05) is 20.9 Å². The summed E-state index contributed by atoms with van der Waals surface area (Å²) >= 11 is 0. The molecule has 7 heteroatoms. The highest BCUT2D eigenvalue weighted by atomic mass is 16.7. The topological polar surface area (TPSA) is 63.3 Å². The molecule has 4 rings (SSSR count). The van der Waals surface area contributed by atoms with Crippen molar-refractivity contribution in [2.45, 2.75) is 12.1 Å². The van der Waals surface area contributed by atoms with E-state index in [1.807, 2.05) is 62.6 Å². The molecule has 1 amide bonds. The van der Waals surface area contributed by atoms with Gasteiger partial charge in [-0.1, -0.05) is 24.3 Å². The monoisotopic (exact) mass is 341 g/mol. The van der Waals surface area contributed by atoms with Gasteiger partial charge >= 0.3 is 0 Å². The second-order valence-corrected chi connectivity index (χ2v) is 6.11. The van der Waals surface area contributed by atoms with Gasteiger partial charge in [-0.05, 0) is 29.8 Å². The molecule has 0 aromatic heterocycles. The molecule has 0 unspecified atom stereocenters. The smallest absolute Gasteiger partial charge is 0.282 e. The van der Waals surface area contributed by atoms with Crippen LogP contribution < -0.4 is 19.7 Å². The molecule has 1 fully saturated rings. The van der Waals surface area contributed by atoms with E-state index in [1.165, 1.54) is 0 Å². The molecule has 0 radical (unpaired) electrons. The van der Waals surface area contributed by atoms with Gasteiger partial charge in [0.25, 0.3) is 5.91 Å². The van der Waals surface area contributed by atoms with E-state index >= 15 is 0 Å². The van der Waals surface area contributed by atoms with Crippen molar-refractivity contribution in [1.82, 2.24) is 15.6 Å². The highest BCUT2D eigenvalue weighted by Crippen LogP contribution is 2.41. The number of rotatable bonds is 5. The van der Waals surface area contributed by atoms with Crippen molar-refractivity contribution in [2.24, 2.45) is 0 Å². The molecule has 2 atom stereocenters. The van der Waals surface area contributed by atoms with Crippen LogP contribution in [0.5, 0.6) is 17.2 Å². The number of β-lactam (4-membered cyclic amide) rings is 1. The molecule has 2 heterocycles. The first-order valence-corrected chi connectivity index (χ1v) is 8.01. The zero-order valence-electron chi connectivity index (χ0n) is 14.0. The zero-order valence-corrected chi connectivity index (χ0v) is 14.0. The first-order valence-electron chi connectivity index (χ1n) is 8.01. The maximum atomic E-state index is 12.6. The van der Waals surface area contributed by atoms with Crippen LogP contribution in [0.25, 0.3) is 0 Å². The van der Waals surface area contributed by atoms with Crippen molar-refractivity contribution < 1.29 is 19.0 Å². The third-order valence-electron chi connectivity index (χ3n) is 4.10. The largest absolute Gasteiger partial charge is 0.478 e. The minimum atomic E-state index is -0.602. The zero-order chi connectivity index (χ0) is 17.4. The Morgan fingerprint density at radius 2 is 1.88 bits per heavy atom. The first kappa shape index (κ1) is 15.7. The lowest BCUT2D eigenvalue weighted by atomic mass is 9.92. The molecule has 1 saturated heterocycles. The molecule has 1 N–H and O–H groups in total. The molecular weight excluding hydrogens is 322 g/mol. The van der Waals surface area contributed by atoms with Crippen LogP contribution in [-0.4, -0.2) is 42.9 Å². The number of hydrogen-bond acceptors (Lipinski definition) is 6. The fourth-order valence-electron chi connectivity index (χ4n) is 2.97. The Hall–Kier alpha value is -2.77. The number of ether oxygens (including phenoxy) is 3. The average Bonchev–Trinajstić information content (AvgIpc) is 3.08. The summed E-state index contributed by atoms with van der Waals surface area (Å²) in [5.74, 6) is 1.93. The lowest BCUT2D eigenvalue weighted by molar-refractivity contribution is -0.180. The van der Waals surface area contributed by atoms with Gasteiger partial charge in [0, 0.05) is 14.1 Å². The predicted molar refractivity (Wildman–Crippen MR) is 89.8 cm³/mol. The van der Waals surface area contributed by atoms with Gasteiger partial charge in [0.2, 0.25) is 12.9 Å². The van der Waals surface area contributed by atoms with Crippen LogP contribution in [0.4, 0.5) is 0 Å². The molecule has 25 heavy (non-hydrogen) atoms. The highest BCUT2D eigenvalue weighted by molar-refractivity contribution is 5.88. The van der Waals surface area contributed by atoms with Crippen LogP contribution in [0.3, 0.4) is 0 Å². The maximum Gasteiger partial charge on any atom is 0.282 e. The van der Waals surface area contributed by atoms with Crippen molar-refractivity contribution in [3.05, 3.63) is 54.1 Å². The SMILES string of the molecule is CN(C)NN1C(=O)[C@@H](Oc2ccccc2)[C@H]1c1ccc2c(c1)OCO2. The Morgan fingerprint density at radius 3 is 2.64 bits per heavy atom. The van der Waals surface area contributed by atoms with Crippen LogP contribution in [0.2, 0.25) is 0 Å². The van der Waals surface area contributed by atoms with Crippen LogP contribution in [0.1, 0.15) is 11.6 Å². The Bertz CT molecular complexity index is 781. The molecule has 2 aromatic rings. The van der Waals surface area contributed by atoms with E-state index in [9.17, 15) is 4.79 Å². The summed E-state index contributed by atoms with van der Waals surface area (Å²) in [7, 11) is 3.66. The van der Waals surface area contributed by atoms with Crippen LogP contribution in [0.15, 0.2) is 48.5 Å². The fourth-order valence-corrected chi connectivity index (χ4v) is 2.97. The van der Waals surface area contributed by atoms with Gasteiger partial charge in [-0.15, -0.1) is 0 Å². The van der Waals surface area contributed by atoms with Gasteiger partial charge in [-0.3, -0.25) is 4.79 Å². The number of hydrazine groups is 2. The number of fused-ring (bicyclic) bond motifs is 1.